The van der Waals surface area contributed by atoms with E-state index in [1.807, 2.05) is 6.92 Å². The number of hydrogen-bond acceptors (Lipinski definition) is 3. The predicted molar refractivity (Wildman–Crippen MR) is 141 cm³/mol. The van der Waals surface area contributed by atoms with E-state index in [1.54, 1.807) is 0 Å². The van der Waals surface area contributed by atoms with Crippen LogP contribution in [-0.4, -0.2) is 35.8 Å². The molecule has 0 aromatic carbocycles. The van der Waals surface area contributed by atoms with Gasteiger partial charge in [0.25, 0.3) is 0 Å². The van der Waals surface area contributed by atoms with Gasteiger partial charge in [-0.1, -0.05) is 66.2 Å². The minimum atomic E-state index is -0.632. The molecule has 3 fully saturated rings. The lowest BCUT2D eigenvalue weighted by molar-refractivity contribution is -0.139. The first-order valence-electron chi connectivity index (χ1n) is 14.7. The monoisotopic (exact) mass is 489 g/mol. The van der Waals surface area contributed by atoms with Crippen LogP contribution in [-0.2, 0) is 14.4 Å². The molecule has 0 radical (unpaired) electrons. The van der Waals surface area contributed by atoms with Gasteiger partial charge in [-0.05, 0) is 62.7 Å². The van der Waals surface area contributed by atoms with Crippen LogP contribution in [0.5, 0.6) is 0 Å². The zero-order valence-corrected chi connectivity index (χ0v) is 22.7. The zero-order valence-electron chi connectivity index (χ0n) is 22.7. The van der Waals surface area contributed by atoms with Crippen molar-refractivity contribution in [2.45, 2.75) is 136 Å². The molecule has 3 saturated carbocycles. The minimum Gasteiger partial charge on any atom is -0.353 e. The van der Waals surface area contributed by atoms with Gasteiger partial charge >= 0.3 is 0 Å². The molecule has 8 atom stereocenters. The Bertz CT molecular complexity index is 711. The van der Waals surface area contributed by atoms with Crippen molar-refractivity contribution >= 4 is 17.7 Å². The Labute approximate surface area is 213 Å². The summed E-state index contributed by atoms with van der Waals surface area (Å²) in [5.41, 5.74) is 0. The molecule has 3 aliphatic rings. The summed E-state index contributed by atoms with van der Waals surface area (Å²) < 4.78 is 0. The molecule has 8 unspecified atom stereocenters. The number of carbonyl (C=O) groups is 3. The fraction of sp³-hybridized carbons (Fsp3) is 0.897. The van der Waals surface area contributed by atoms with Crippen LogP contribution in [0, 0.1) is 29.6 Å². The number of amides is 3. The quantitative estimate of drug-likeness (QED) is 0.421. The van der Waals surface area contributed by atoms with E-state index >= 15 is 0 Å². The van der Waals surface area contributed by atoms with Crippen molar-refractivity contribution in [3.05, 3.63) is 0 Å². The molecular weight excluding hydrogens is 438 g/mol. The fourth-order valence-corrected chi connectivity index (χ4v) is 6.71. The summed E-state index contributed by atoms with van der Waals surface area (Å²) in [4.78, 5) is 40.3. The Balaban J connectivity index is 1.71. The Kier molecular flexibility index (Phi) is 10.9. The lowest BCUT2D eigenvalue weighted by atomic mass is 9.81. The topological polar surface area (TPSA) is 87.3 Å². The lowest BCUT2D eigenvalue weighted by Gasteiger charge is -2.35. The first-order valence-corrected chi connectivity index (χ1v) is 14.7. The maximum Gasteiger partial charge on any atom is 0.224 e. The number of rotatable bonds is 9. The first-order chi connectivity index (χ1) is 16.8. The molecule has 200 valence electrons. The largest absolute Gasteiger partial charge is 0.353 e. The lowest BCUT2D eigenvalue weighted by Crippen LogP contribution is -2.51. The van der Waals surface area contributed by atoms with Crippen LogP contribution in [0.15, 0.2) is 0 Å². The summed E-state index contributed by atoms with van der Waals surface area (Å²) in [5, 5.41) is 9.77. The van der Waals surface area contributed by atoms with Gasteiger partial charge in [-0.3, -0.25) is 14.4 Å². The van der Waals surface area contributed by atoms with Crippen molar-refractivity contribution < 1.29 is 14.4 Å². The molecule has 0 aliphatic heterocycles. The van der Waals surface area contributed by atoms with Crippen molar-refractivity contribution in [2.24, 2.45) is 29.6 Å². The second-order valence-electron chi connectivity index (χ2n) is 12.0. The predicted octanol–water partition coefficient (Wildman–Crippen LogP) is 5.10. The Morgan fingerprint density at radius 3 is 1.37 bits per heavy atom. The summed E-state index contributed by atoms with van der Waals surface area (Å²) in [5.74, 6) is -0.0291. The van der Waals surface area contributed by atoms with E-state index in [1.165, 1.54) is 19.3 Å². The van der Waals surface area contributed by atoms with E-state index < -0.39 is 11.8 Å². The van der Waals surface area contributed by atoms with E-state index in [0.29, 0.717) is 24.2 Å². The Morgan fingerprint density at radius 1 is 0.600 bits per heavy atom. The highest BCUT2D eigenvalue weighted by molar-refractivity contribution is 5.91. The van der Waals surface area contributed by atoms with Crippen LogP contribution in [0.1, 0.15) is 118 Å². The second-order valence-corrected chi connectivity index (χ2v) is 12.0. The van der Waals surface area contributed by atoms with Crippen LogP contribution in [0.4, 0.5) is 0 Å². The van der Waals surface area contributed by atoms with Crippen molar-refractivity contribution in [1.29, 1.82) is 0 Å². The van der Waals surface area contributed by atoms with E-state index in [4.69, 9.17) is 0 Å². The van der Waals surface area contributed by atoms with Crippen LogP contribution >= 0.6 is 0 Å². The molecule has 35 heavy (non-hydrogen) atoms. The maximum atomic E-state index is 13.6. The highest BCUT2D eigenvalue weighted by Gasteiger charge is 2.38. The Morgan fingerprint density at radius 2 is 0.971 bits per heavy atom. The summed E-state index contributed by atoms with van der Waals surface area (Å²) in [6, 6.07) is 0.485. The average Bonchev–Trinajstić information content (AvgIpc) is 2.83. The van der Waals surface area contributed by atoms with E-state index in [9.17, 15) is 14.4 Å². The standard InChI is InChI=1S/C29H51N3O3/c1-5-22(28(34)31-25-16-10-7-13-20(25)3)23(29(35)32-26-17-11-8-14-21(26)4)18-27(33)30-24-15-9-6-12-19(24)2/h19-26H,5-18H2,1-4H3,(H,30,33)(H,31,34)(H,32,35). The zero-order chi connectivity index (χ0) is 25.4. The molecule has 0 aromatic heterocycles. The summed E-state index contributed by atoms with van der Waals surface area (Å²) in [6.45, 7) is 8.58. The van der Waals surface area contributed by atoms with Gasteiger partial charge in [0.1, 0.15) is 0 Å². The third-order valence-corrected chi connectivity index (χ3v) is 9.34. The Hall–Kier alpha value is -1.59. The van der Waals surface area contributed by atoms with Gasteiger partial charge in [0, 0.05) is 30.5 Å². The number of nitrogens with one attached hydrogen (secondary N) is 3. The minimum absolute atomic E-state index is 0.0538. The van der Waals surface area contributed by atoms with E-state index in [0.717, 1.165) is 57.8 Å². The third kappa shape index (κ3) is 7.95. The number of carbonyl (C=O) groups excluding carboxylic acids is 3. The van der Waals surface area contributed by atoms with E-state index in [2.05, 4.69) is 36.7 Å². The van der Waals surface area contributed by atoms with Crippen molar-refractivity contribution in [3.63, 3.8) is 0 Å². The molecular formula is C29H51N3O3. The molecule has 0 heterocycles. The molecule has 0 aromatic rings. The molecule has 6 nitrogen and oxygen atoms in total. The van der Waals surface area contributed by atoms with Crippen molar-refractivity contribution in [2.75, 3.05) is 0 Å². The van der Waals surface area contributed by atoms with E-state index in [-0.39, 0.29) is 42.3 Å². The van der Waals surface area contributed by atoms with Crippen LogP contribution in [0.3, 0.4) is 0 Å². The van der Waals surface area contributed by atoms with Crippen LogP contribution in [0.2, 0.25) is 0 Å². The highest BCUT2D eigenvalue weighted by atomic mass is 16.2. The fourth-order valence-electron chi connectivity index (χ4n) is 6.71. The van der Waals surface area contributed by atoms with Crippen molar-refractivity contribution in [3.8, 4) is 0 Å². The summed E-state index contributed by atoms with van der Waals surface area (Å²) >= 11 is 0. The first kappa shape index (κ1) is 28.0. The third-order valence-electron chi connectivity index (χ3n) is 9.34. The van der Waals surface area contributed by atoms with Gasteiger partial charge in [0.05, 0.1) is 5.92 Å². The van der Waals surface area contributed by atoms with Gasteiger partial charge in [-0.15, -0.1) is 0 Å². The van der Waals surface area contributed by atoms with Gasteiger partial charge in [-0.2, -0.15) is 0 Å². The summed E-state index contributed by atoms with van der Waals surface area (Å²) in [7, 11) is 0. The molecule has 3 aliphatic carbocycles. The van der Waals surface area contributed by atoms with Gasteiger partial charge < -0.3 is 16.0 Å². The van der Waals surface area contributed by atoms with Crippen LogP contribution < -0.4 is 16.0 Å². The molecule has 6 heteroatoms. The number of hydrogen-bond donors (Lipinski definition) is 3. The SMILES string of the molecule is CCC(C(=O)NC1CCCCC1C)C(CC(=O)NC1CCCCC1C)C(=O)NC1CCCCC1C. The van der Waals surface area contributed by atoms with Gasteiger partial charge in [0.2, 0.25) is 17.7 Å². The maximum absolute atomic E-state index is 13.6. The van der Waals surface area contributed by atoms with Crippen molar-refractivity contribution in [1.82, 2.24) is 16.0 Å². The summed E-state index contributed by atoms with van der Waals surface area (Å²) in [6.07, 6.45) is 14.0. The smallest absolute Gasteiger partial charge is 0.224 e. The van der Waals surface area contributed by atoms with Crippen LogP contribution in [0.25, 0.3) is 0 Å². The van der Waals surface area contributed by atoms with Gasteiger partial charge in [0.15, 0.2) is 0 Å². The molecule has 3 amide bonds. The molecule has 0 bridgehead atoms. The molecule has 0 spiro atoms. The second kappa shape index (κ2) is 13.6. The highest BCUT2D eigenvalue weighted by Crippen LogP contribution is 2.29. The molecule has 3 rings (SSSR count). The average molecular weight is 490 g/mol. The normalized spacial score (nSPS) is 33.3. The molecule has 3 N–H and O–H groups in total. The molecule has 0 saturated heterocycles. The van der Waals surface area contributed by atoms with Gasteiger partial charge in [-0.25, -0.2) is 0 Å².